The number of ether oxygens (including phenoxy) is 1. The molecule has 12 rings (SSSR count). The molecule has 56 heavy (non-hydrogen) atoms. The molecular formula is C50H35B2N3O. The summed E-state index contributed by atoms with van der Waals surface area (Å²) >= 11 is 0. The Balaban J connectivity index is 1.13. The molecule has 0 radical (unpaired) electrons. The lowest BCUT2D eigenvalue weighted by molar-refractivity contribution is 0.477. The fraction of sp³-hybridized carbons (Fsp3) is 0.0400. The Morgan fingerprint density at radius 1 is 0.393 bits per heavy atom. The Kier molecular flexibility index (Phi) is 6.91. The lowest BCUT2D eigenvalue weighted by Gasteiger charge is -2.44. The molecule has 4 heterocycles. The number of hydrogen-bond acceptors (Lipinski definition) is 4. The summed E-state index contributed by atoms with van der Waals surface area (Å²) in [5.41, 5.74) is 18.8. The van der Waals surface area contributed by atoms with Crippen molar-refractivity contribution in [1.29, 1.82) is 0 Å². The molecular weight excluding hydrogens is 680 g/mol. The van der Waals surface area contributed by atoms with E-state index >= 15 is 0 Å². The summed E-state index contributed by atoms with van der Waals surface area (Å²) in [5, 5.41) is 0. The first-order chi connectivity index (χ1) is 27.8. The minimum Gasteiger partial charge on any atom is -0.453 e. The minimum absolute atomic E-state index is 0.0251. The molecule has 0 N–H and O–H groups in total. The van der Waals surface area contributed by atoms with Crippen molar-refractivity contribution in [3.63, 3.8) is 0 Å². The molecule has 0 saturated heterocycles. The number of hydrogen-bond donors (Lipinski definition) is 0. The van der Waals surface area contributed by atoms with Crippen molar-refractivity contribution in [3.05, 3.63) is 194 Å². The van der Waals surface area contributed by atoms with Gasteiger partial charge in [-0.3, -0.25) is 0 Å². The molecule has 0 bridgehead atoms. The van der Waals surface area contributed by atoms with Crippen molar-refractivity contribution in [2.45, 2.75) is 6.42 Å². The van der Waals surface area contributed by atoms with E-state index in [0.717, 1.165) is 41.5 Å². The molecule has 0 fully saturated rings. The Hall–Kier alpha value is -6.91. The van der Waals surface area contributed by atoms with Gasteiger partial charge in [-0.15, -0.1) is 0 Å². The molecule has 0 aliphatic carbocycles. The number of benzene rings is 8. The topological polar surface area (TPSA) is 19.0 Å². The highest BCUT2D eigenvalue weighted by Crippen LogP contribution is 2.51. The summed E-state index contributed by atoms with van der Waals surface area (Å²) in [5.74, 6) is 1.71. The van der Waals surface area contributed by atoms with Gasteiger partial charge in [0.05, 0.1) is 11.4 Å². The first-order valence-electron chi connectivity index (χ1n) is 19.6. The first kappa shape index (κ1) is 31.4. The second kappa shape index (κ2) is 12.3. The monoisotopic (exact) mass is 715 g/mol. The summed E-state index contributed by atoms with van der Waals surface area (Å²) in [6.45, 7) is 1.10. The third kappa shape index (κ3) is 4.62. The fourth-order valence-corrected chi connectivity index (χ4v) is 9.86. The number of para-hydroxylation sites is 6. The minimum atomic E-state index is 0.0251. The quantitative estimate of drug-likeness (QED) is 0.172. The van der Waals surface area contributed by atoms with E-state index in [4.69, 9.17) is 4.74 Å². The van der Waals surface area contributed by atoms with Gasteiger partial charge in [-0.05, 0) is 94.5 Å². The molecule has 262 valence electrons. The summed E-state index contributed by atoms with van der Waals surface area (Å²) in [6, 6.07) is 69.0. The molecule has 8 aromatic carbocycles. The Labute approximate surface area is 328 Å². The third-order valence-electron chi connectivity index (χ3n) is 12.2. The van der Waals surface area contributed by atoms with Crippen LogP contribution in [0.3, 0.4) is 0 Å². The van der Waals surface area contributed by atoms with Crippen molar-refractivity contribution in [2.75, 3.05) is 21.2 Å². The van der Waals surface area contributed by atoms with E-state index < -0.39 is 0 Å². The molecule has 0 saturated carbocycles. The highest BCUT2D eigenvalue weighted by Gasteiger charge is 2.44. The van der Waals surface area contributed by atoms with Gasteiger partial charge in [0.2, 0.25) is 13.4 Å². The van der Waals surface area contributed by atoms with Crippen LogP contribution >= 0.6 is 0 Å². The smallest absolute Gasteiger partial charge is 0.246 e. The Bertz CT molecular complexity index is 2780. The van der Waals surface area contributed by atoms with Gasteiger partial charge in [0, 0.05) is 40.7 Å². The average molecular weight is 715 g/mol. The molecule has 0 aromatic heterocycles. The zero-order chi connectivity index (χ0) is 36.7. The molecule has 0 atom stereocenters. The van der Waals surface area contributed by atoms with E-state index in [2.05, 4.69) is 191 Å². The lowest BCUT2D eigenvalue weighted by atomic mass is 9.30. The van der Waals surface area contributed by atoms with Crippen LogP contribution in [0.5, 0.6) is 11.5 Å². The van der Waals surface area contributed by atoms with Crippen molar-refractivity contribution in [3.8, 4) is 11.5 Å². The SMILES string of the molecule is c1ccc(B2c3cc(N4c5ccccc5Oc5ccccc54)ccc3N3c4cc5c(cc4B(c4ccccc4)c4cccc2c43)CCN5c2ccccc2)cc1. The summed E-state index contributed by atoms with van der Waals surface area (Å²) in [4.78, 5) is 7.46. The van der Waals surface area contributed by atoms with Crippen LogP contribution in [0.2, 0.25) is 0 Å². The summed E-state index contributed by atoms with van der Waals surface area (Å²) in [6.07, 6.45) is 1.02. The predicted molar refractivity (Wildman–Crippen MR) is 235 cm³/mol. The van der Waals surface area contributed by atoms with Gasteiger partial charge in [-0.25, -0.2) is 0 Å². The van der Waals surface area contributed by atoms with Crippen LogP contribution < -0.4 is 52.2 Å². The first-order valence-corrected chi connectivity index (χ1v) is 19.6. The molecule has 4 aliphatic rings. The van der Waals surface area contributed by atoms with Gasteiger partial charge >= 0.3 is 0 Å². The second-order valence-corrected chi connectivity index (χ2v) is 15.2. The molecule has 0 spiro atoms. The largest absolute Gasteiger partial charge is 0.453 e. The van der Waals surface area contributed by atoms with Crippen LogP contribution in [0.25, 0.3) is 0 Å². The number of nitrogens with zero attached hydrogens (tertiary/aromatic N) is 3. The standard InChI is InChI=1S/C50H35B2N3O/c1-4-15-35(16-5-1)51-39-21-14-22-40-50(39)55(47-33-46-34(31-41(47)51)29-30-53(46)37-19-8-3-9-20-37)43-28-27-38(32-42(43)52(40)36-17-6-2-7-18-36)54-44-23-10-12-25-48(44)56-49-26-13-11-24-45(49)54/h1-28,31-33H,29-30H2. The van der Waals surface area contributed by atoms with Gasteiger partial charge < -0.3 is 19.4 Å². The summed E-state index contributed by atoms with van der Waals surface area (Å²) < 4.78 is 6.44. The molecule has 4 nitrogen and oxygen atoms in total. The molecule has 0 amide bonds. The van der Waals surface area contributed by atoms with E-state index in [1.165, 1.54) is 66.8 Å². The second-order valence-electron chi connectivity index (χ2n) is 15.2. The van der Waals surface area contributed by atoms with Crippen LogP contribution in [0.15, 0.2) is 188 Å². The zero-order valence-corrected chi connectivity index (χ0v) is 30.7. The van der Waals surface area contributed by atoms with Crippen molar-refractivity contribution < 1.29 is 4.74 Å². The third-order valence-corrected chi connectivity index (χ3v) is 12.2. The van der Waals surface area contributed by atoms with Gasteiger partial charge in [0.25, 0.3) is 0 Å². The molecule has 0 unspecified atom stereocenters. The summed E-state index contributed by atoms with van der Waals surface area (Å²) in [7, 11) is 0. The van der Waals surface area contributed by atoms with Gasteiger partial charge in [-0.1, -0.05) is 138 Å². The maximum absolute atomic E-state index is 6.44. The lowest BCUT2D eigenvalue weighted by Crippen LogP contribution is -2.65. The molecule has 4 aliphatic heterocycles. The normalized spacial score (nSPS) is 14.2. The van der Waals surface area contributed by atoms with E-state index in [-0.39, 0.29) is 13.4 Å². The van der Waals surface area contributed by atoms with Crippen molar-refractivity contribution in [1.82, 2.24) is 0 Å². The number of fused-ring (bicyclic) bond motifs is 7. The van der Waals surface area contributed by atoms with Crippen molar-refractivity contribution >= 4 is 91.7 Å². The fourth-order valence-electron chi connectivity index (χ4n) is 9.86. The highest BCUT2D eigenvalue weighted by atomic mass is 16.5. The van der Waals surface area contributed by atoms with Crippen LogP contribution in [0.1, 0.15) is 5.56 Å². The Morgan fingerprint density at radius 3 is 1.61 bits per heavy atom. The molecule has 6 heteroatoms. The number of rotatable bonds is 4. The van der Waals surface area contributed by atoms with Gasteiger partial charge in [0.1, 0.15) is 0 Å². The van der Waals surface area contributed by atoms with Crippen LogP contribution in [-0.2, 0) is 6.42 Å². The van der Waals surface area contributed by atoms with Gasteiger partial charge in [-0.2, -0.15) is 0 Å². The molecule has 8 aromatic rings. The number of anilines is 8. The van der Waals surface area contributed by atoms with Crippen LogP contribution in [0.4, 0.5) is 45.5 Å². The van der Waals surface area contributed by atoms with E-state index in [0.29, 0.717) is 0 Å². The van der Waals surface area contributed by atoms with Crippen LogP contribution in [-0.4, -0.2) is 20.0 Å². The van der Waals surface area contributed by atoms with Crippen molar-refractivity contribution in [2.24, 2.45) is 0 Å². The Morgan fingerprint density at radius 2 is 0.964 bits per heavy atom. The maximum atomic E-state index is 6.44. The average Bonchev–Trinajstić information content (AvgIpc) is 3.68. The highest BCUT2D eigenvalue weighted by molar-refractivity contribution is 7.02. The van der Waals surface area contributed by atoms with Crippen LogP contribution in [0, 0.1) is 0 Å². The van der Waals surface area contributed by atoms with E-state index in [9.17, 15) is 0 Å². The maximum Gasteiger partial charge on any atom is 0.246 e. The zero-order valence-electron chi connectivity index (χ0n) is 30.7. The van der Waals surface area contributed by atoms with Gasteiger partial charge in [0.15, 0.2) is 11.5 Å². The van der Waals surface area contributed by atoms with E-state index in [1.54, 1.807) is 0 Å². The predicted octanol–water partition coefficient (Wildman–Crippen LogP) is 8.09. The van der Waals surface area contributed by atoms with E-state index in [1.807, 2.05) is 12.1 Å².